The number of unbranched alkanes of at least 4 members (excludes halogenated alkanes) is 4. The molecule has 0 rings (SSSR count). The predicted octanol–water partition coefficient (Wildman–Crippen LogP) is 5.03. The van der Waals surface area contributed by atoms with Gasteiger partial charge in [0.15, 0.2) is 0 Å². The van der Waals surface area contributed by atoms with E-state index in [1.54, 1.807) is 0 Å². The molecular weight excluding hydrogens is 180 g/mol. The molecule has 0 saturated heterocycles. The minimum atomic E-state index is 0.726. The third-order valence-corrected chi connectivity index (χ3v) is 2.47. The van der Waals surface area contributed by atoms with Gasteiger partial charge < -0.3 is 0 Å². The van der Waals surface area contributed by atoms with Crippen LogP contribution in [0.1, 0.15) is 72.6 Å². The minimum Gasteiger partial charge on any atom is -0.103 e. The fourth-order valence-corrected chi connectivity index (χ4v) is 1.48. The molecule has 0 saturated carbocycles. The van der Waals surface area contributed by atoms with Crippen molar-refractivity contribution >= 4 is 0 Å². The highest BCUT2D eigenvalue weighted by Crippen LogP contribution is 2.10. The maximum absolute atomic E-state index is 3.27. The largest absolute Gasteiger partial charge is 0.103 e. The number of rotatable bonds is 7. The summed E-state index contributed by atoms with van der Waals surface area (Å²) in [6.45, 7) is 9.05. The van der Waals surface area contributed by atoms with Gasteiger partial charge in [-0.15, -0.1) is 11.8 Å². The summed E-state index contributed by atoms with van der Waals surface area (Å²) in [5, 5.41) is 0. The van der Waals surface area contributed by atoms with Gasteiger partial charge in [0.25, 0.3) is 0 Å². The minimum absolute atomic E-state index is 0.726. The van der Waals surface area contributed by atoms with Crippen LogP contribution in [0.4, 0.5) is 0 Å². The topological polar surface area (TPSA) is 0 Å². The molecule has 0 aromatic heterocycles. The van der Waals surface area contributed by atoms with Crippen LogP contribution >= 0.6 is 0 Å². The van der Waals surface area contributed by atoms with Crippen molar-refractivity contribution in [2.75, 3.05) is 0 Å². The lowest BCUT2D eigenvalue weighted by molar-refractivity contribution is 0.521. The van der Waals surface area contributed by atoms with Crippen molar-refractivity contribution in [3.8, 4) is 11.8 Å². The molecule has 0 aliphatic heterocycles. The van der Waals surface area contributed by atoms with Crippen molar-refractivity contribution in [3.63, 3.8) is 0 Å². The smallest absolute Gasteiger partial charge is 0.0112 e. The maximum Gasteiger partial charge on any atom is 0.0112 e. The van der Waals surface area contributed by atoms with Crippen molar-refractivity contribution in [2.24, 2.45) is 11.8 Å². The molecule has 0 fully saturated rings. The highest BCUT2D eigenvalue weighted by Gasteiger charge is 1.93. The molecule has 0 amide bonds. The van der Waals surface area contributed by atoms with Gasteiger partial charge in [-0.3, -0.25) is 0 Å². The molecule has 0 aliphatic carbocycles. The van der Waals surface area contributed by atoms with Crippen LogP contribution in [0, 0.1) is 23.7 Å². The number of hydrogen-bond acceptors (Lipinski definition) is 0. The molecule has 0 heterocycles. The van der Waals surface area contributed by atoms with Crippen molar-refractivity contribution in [2.45, 2.75) is 72.6 Å². The molecule has 0 aromatic rings. The zero-order chi connectivity index (χ0) is 11.5. The Morgan fingerprint density at radius 1 is 0.733 bits per heavy atom. The van der Waals surface area contributed by atoms with Crippen molar-refractivity contribution < 1.29 is 0 Å². The second-order valence-electron chi connectivity index (χ2n) is 5.30. The van der Waals surface area contributed by atoms with E-state index in [1.165, 1.54) is 32.1 Å². The quantitative estimate of drug-likeness (QED) is 0.406. The van der Waals surface area contributed by atoms with Gasteiger partial charge in [0.1, 0.15) is 0 Å². The van der Waals surface area contributed by atoms with Crippen LogP contribution in [0.25, 0.3) is 0 Å². The van der Waals surface area contributed by atoms with E-state index in [9.17, 15) is 0 Å². The second kappa shape index (κ2) is 10.1. The van der Waals surface area contributed by atoms with Crippen LogP contribution in [-0.4, -0.2) is 0 Å². The molecule has 88 valence electrons. The lowest BCUT2D eigenvalue weighted by Gasteiger charge is -2.02. The third kappa shape index (κ3) is 13.6. The summed E-state index contributed by atoms with van der Waals surface area (Å²) in [4.78, 5) is 0. The molecule has 0 bridgehead atoms. The van der Waals surface area contributed by atoms with Crippen LogP contribution in [-0.2, 0) is 0 Å². The first-order valence-corrected chi connectivity index (χ1v) is 6.58. The van der Waals surface area contributed by atoms with E-state index in [0.717, 1.165) is 24.7 Å². The fourth-order valence-electron chi connectivity index (χ4n) is 1.48. The molecule has 0 heteroatoms. The Bertz CT molecular complexity index is 178. The van der Waals surface area contributed by atoms with Gasteiger partial charge in [-0.2, -0.15) is 0 Å². The first kappa shape index (κ1) is 14.6. The Hall–Kier alpha value is -0.440. The number of hydrogen-bond donors (Lipinski definition) is 0. The Labute approximate surface area is 96.8 Å². The van der Waals surface area contributed by atoms with Gasteiger partial charge in [-0.25, -0.2) is 0 Å². The zero-order valence-electron chi connectivity index (χ0n) is 11.1. The molecule has 0 radical (unpaired) electrons. The van der Waals surface area contributed by atoms with Gasteiger partial charge in [-0.05, 0) is 18.3 Å². The highest BCUT2D eigenvalue weighted by atomic mass is 14.0. The molecule has 0 N–H and O–H groups in total. The van der Waals surface area contributed by atoms with E-state index >= 15 is 0 Å². The van der Waals surface area contributed by atoms with Crippen molar-refractivity contribution in [1.82, 2.24) is 0 Å². The fraction of sp³-hybridized carbons (Fsp3) is 0.867. The lowest BCUT2D eigenvalue weighted by Crippen LogP contribution is -1.86. The first-order valence-electron chi connectivity index (χ1n) is 6.58. The average molecular weight is 208 g/mol. The molecule has 0 aliphatic rings. The Morgan fingerprint density at radius 2 is 1.40 bits per heavy atom. The summed E-state index contributed by atoms with van der Waals surface area (Å²) in [5.41, 5.74) is 0. The lowest BCUT2D eigenvalue weighted by atomic mass is 10.0. The summed E-state index contributed by atoms with van der Waals surface area (Å²) in [7, 11) is 0. The monoisotopic (exact) mass is 208 g/mol. The van der Waals surface area contributed by atoms with Crippen molar-refractivity contribution in [3.05, 3.63) is 0 Å². The molecule has 15 heavy (non-hydrogen) atoms. The predicted molar refractivity (Wildman–Crippen MR) is 69.8 cm³/mol. The standard InChI is InChI=1S/C15H28/c1-14(2)12-10-8-6-5-7-9-11-13-15(3)4/h14-15H,5-8,10,12-13H2,1-4H3. The summed E-state index contributed by atoms with van der Waals surface area (Å²) < 4.78 is 0. The molecular formula is C15H28. The van der Waals surface area contributed by atoms with Gasteiger partial charge in [0.05, 0.1) is 0 Å². The van der Waals surface area contributed by atoms with Crippen LogP contribution in [0.2, 0.25) is 0 Å². The third-order valence-electron chi connectivity index (χ3n) is 2.47. The van der Waals surface area contributed by atoms with Gasteiger partial charge in [0.2, 0.25) is 0 Å². The second-order valence-corrected chi connectivity index (χ2v) is 5.30. The normalized spacial score (nSPS) is 10.5. The Morgan fingerprint density at radius 3 is 2.00 bits per heavy atom. The Kier molecular flexibility index (Phi) is 9.79. The van der Waals surface area contributed by atoms with E-state index in [0.29, 0.717) is 0 Å². The van der Waals surface area contributed by atoms with E-state index in [2.05, 4.69) is 39.5 Å². The highest BCUT2D eigenvalue weighted by molar-refractivity contribution is 4.99. The van der Waals surface area contributed by atoms with Gasteiger partial charge in [0, 0.05) is 12.8 Å². The van der Waals surface area contributed by atoms with Crippen LogP contribution in [0.15, 0.2) is 0 Å². The molecule has 0 nitrogen and oxygen atoms in total. The maximum atomic E-state index is 3.27. The molecule has 0 aromatic carbocycles. The van der Waals surface area contributed by atoms with E-state index in [4.69, 9.17) is 0 Å². The first-order chi connectivity index (χ1) is 7.13. The van der Waals surface area contributed by atoms with Crippen LogP contribution < -0.4 is 0 Å². The average Bonchev–Trinajstić information content (AvgIpc) is 2.14. The SMILES string of the molecule is CC(C)CC#CCCCCCCC(C)C. The van der Waals surface area contributed by atoms with E-state index < -0.39 is 0 Å². The Balaban J connectivity index is 3.13. The molecule has 0 spiro atoms. The summed E-state index contributed by atoms with van der Waals surface area (Å²) in [6.07, 6.45) is 9.01. The summed E-state index contributed by atoms with van der Waals surface area (Å²) in [6, 6.07) is 0. The van der Waals surface area contributed by atoms with Crippen molar-refractivity contribution in [1.29, 1.82) is 0 Å². The van der Waals surface area contributed by atoms with Gasteiger partial charge in [-0.1, -0.05) is 53.4 Å². The summed E-state index contributed by atoms with van der Waals surface area (Å²) in [5.74, 6) is 8.11. The molecule has 0 unspecified atom stereocenters. The van der Waals surface area contributed by atoms with E-state index in [1.807, 2.05) is 0 Å². The van der Waals surface area contributed by atoms with Crippen LogP contribution in [0.5, 0.6) is 0 Å². The molecule has 0 atom stereocenters. The zero-order valence-corrected chi connectivity index (χ0v) is 11.1. The van der Waals surface area contributed by atoms with E-state index in [-0.39, 0.29) is 0 Å². The van der Waals surface area contributed by atoms with Gasteiger partial charge >= 0.3 is 0 Å². The van der Waals surface area contributed by atoms with Crippen LogP contribution in [0.3, 0.4) is 0 Å². The summed E-state index contributed by atoms with van der Waals surface area (Å²) >= 11 is 0.